The quantitative estimate of drug-likeness (QED) is 0.485. The molecule has 0 aliphatic heterocycles. The van der Waals surface area contributed by atoms with Crippen molar-refractivity contribution >= 4 is 20.8 Å². The summed E-state index contributed by atoms with van der Waals surface area (Å²) >= 11 is 0. The fourth-order valence-electron chi connectivity index (χ4n) is 1.34. The highest BCUT2D eigenvalue weighted by Gasteiger charge is 2.29. The second-order valence-electron chi connectivity index (χ2n) is 3.83. The van der Waals surface area contributed by atoms with Crippen molar-refractivity contribution in [2.24, 2.45) is 0 Å². The third-order valence-electron chi connectivity index (χ3n) is 2.24. The van der Waals surface area contributed by atoms with Crippen molar-refractivity contribution in [1.82, 2.24) is 4.72 Å². The average Bonchev–Trinajstić information content (AvgIpc) is 2.32. The van der Waals surface area contributed by atoms with Crippen molar-refractivity contribution in [2.75, 3.05) is 18.6 Å². The first-order valence-electron chi connectivity index (χ1n) is 5.29. The Morgan fingerprint density at radius 2 is 1.65 bits per heavy atom. The number of hydrogen-bond donors (Lipinski definition) is 1. The fourth-order valence-corrected chi connectivity index (χ4v) is 3.12. The van der Waals surface area contributed by atoms with Gasteiger partial charge < -0.3 is 0 Å². The largest absolute Gasteiger partial charge is 0.260 e. The maximum Gasteiger partial charge on any atom is 0.246 e. The number of hydrogen-bond acceptors (Lipinski definition) is 3. The van der Waals surface area contributed by atoms with Gasteiger partial charge in [0.25, 0.3) is 0 Å². The van der Waals surface area contributed by atoms with E-state index in [4.69, 9.17) is 0 Å². The summed E-state index contributed by atoms with van der Waals surface area (Å²) in [5.74, 6) is -7.42. The van der Waals surface area contributed by atoms with Gasteiger partial charge in [-0.1, -0.05) is 0 Å². The molecule has 0 aliphatic carbocycles. The normalized spacial score (nSPS) is 13.4. The zero-order chi connectivity index (χ0) is 15.5. The summed E-state index contributed by atoms with van der Waals surface area (Å²) in [7, 11) is -5.90. The van der Waals surface area contributed by atoms with Gasteiger partial charge in [0, 0.05) is 35.4 Å². The van der Waals surface area contributed by atoms with E-state index in [0.717, 1.165) is 0 Å². The van der Waals surface area contributed by atoms with Crippen LogP contribution in [0, 0.1) is 23.3 Å². The van der Waals surface area contributed by atoms with Crippen molar-refractivity contribution in [1.29, 1.82) is 0 Å². The molecule has 4 nitrogen and oxygen atoms in total. The molecular formula is C10H11F4NO3S2. The number of nitrogens with one attached hydrogen (secondary N) is 1. The van der Waals surface area contributed by atoms with Gasteiger partial charge in [-0.2, -0.15) is 0 Å². The fraction of sp³-hybridized carbons (Fsp3) is 0.400. The van der Waals surface area contributed by atoms with E-state index in [1.54, 1.807) is 4.72 Å². The Balaban J connectivity index is 3.01. The average molecular weight is 333 g/mol. The van der Waals surface area contributed by atoms with Gasteiger partial charge in [0.05, 0.1) is 0 Å². The molecule has 20 heavy (non-hydrogen) atoms. The van der Waals surface area contributed by atoms with E-state index in [1.807, 2.05) is 0 Å². The maximum absolute atomic E-state index is 13.3. The highest BCUT2D eigenvalue weighted by atomic mass is 32.2. The van der Waals surface area contributed by atoms with E-state index in [-0.39, 0.29) is 24.8 Å². The molecule has 0 radical (unpaired) electrons. The third-order valence-corrected chi connectivity index (χ3v) is 4.58. The lowest BCUT2D eigenvalue weighted by molar-refractivity contribution is 0.418. The minimum absolute atomic E-state index is 0.0794. The van der Waals surface area contributed by atoms with Crippen LogP contribution >= 0.6 is 0 Å². The van der Waals surface area contributed by atoms with Crippen molar-refractivity contribution in [3.05, 3.63) is 29.3 Å². The van der Waals surface area contributed by atoms with Gasteiger partial charge >= 0.3 is 0 Å². The first-order chi connectivity index (χ1) is 9.16. The number of rotatable bonds is 6. The van der Waals surface area contributed by atoms with Crippen LogP contribution in [0.5, 0.6) is 0 Å². The zero-order valence-electron chi connectivity index (χ0n) is 10.3. The molecule has 0 aromatic heterocycles. The van der Waals surface area contributed by atoms with Crippen LogP contribution in [0.3, 0.4) is 0 Å². The standard InChI is InChI=1S/C10H11F4NO3S2/c1-19(16)4-2-3-15-20(17,18)10-8(13)6(11)5-7(12)9(10)14/h5,15H,2-4H2,1H3. The van der Waals surface area contributed by atoms with Gasteiger partial charge in [-0.05, 0) is 6.42 Å². The summed E-state index contributed by atoms with van der Waals surface area (Å²) in [5.41, 5.74) is 0. The van der Waals surface area contributed by atoms with Crippen molar-refractivity contribution in [3.63, 3.8) is 0 Å². The number of benzene rings is 1. The summed E-state index contributed by atoms with van der Waals surface area (Å²) < 4.78 is 88.3. The Morgan fingerprint density at radius 3 is 2.10 bits per heavy atom. The molecule has 0 spiro atoms. The van der Waals surface area contributed by atoms with Crippen LogP contribution in [-0.4, -0.2) is 31.2 Å². The van der Waals surface area contributed by atoms with E-state index in [2.05, 4.69) is 0 Å². The number of sulfonamides is 1. The molecule has 114 valence electrons. The molecule has 1 unspecified atom stereocenters. The first kappa shape index (κ1) is 17.1. The molecule has 10 heteroatoms. The lowest BCUT2D eigenvalue weighted by Crippen LogP contribution is -2.28. The summed E-state index contributed by atoms with van der Waals surface area (Å²) in [6.45, 7) is -0.265. The van der Waals surface area contributed by atoms with Crippen LogP contribution in [0.4, 0.5) is 17.6 Å². The van der Waals surface area contributed by atoms with E-state index in [1.165, 1.54) is 6.26 Å². The van der Waals surface area contributed by atoms with Gasteiger partial charge in [-0.25, -0.2) is 30.7 Å². The van der Waals surface area contributed by atoms with Crippen LogP contribution in [0.1, 0.15) is 6.42 Å². The van der Waals surface area contributed by atoms with Gasteiger partial charge in [0.15, 0.2) is 28.2 Å². The van der Waals surface area contributed by atoms with E-state index in [0.29, 0.717) is 0 Å². The van der Waals surface area contributed by atoms with Crippen LogP contribution in [-0.2, 0) is 20.8 Å². The van der Waals surface area contributed by atoms with Gasteiger partial charge in [-0.15, -0.1) is 0 Å². The molecule has 1 N–H and O–H groups in total. The SMILES string of the molecule is CS(=O)CCCNS(=O)(=O)c1c(F)c(F)cc(F)c1F. The molecule has 1 aromatic carbocycles. The lowest BCUT2D eigenvalue weighted by Gasteiger charge is -2.09. The monoisotopic (exact) mass is 333 g/mol. The van der Waals surface area contributed by atoms with E-state index >= 15 is 0 Å². The summed E-state index contributed by atoms with van der Waals surface area (Å²) in [6, 6.07) is -0.0794. The first-order valence-corrected chi connectivity index (χ1v) is 8.50. The Bertz CT molecular complexity index is 608. The molecule has 1 aromatic rings. The summed E-state index contributed by atoms with van der Waals surface area (Å²) in [6.07, 6.45) is 1.54. The smallest absolute Gasteiger partial charge is 0.246 e. The third kappa shape index (κ3) is 4.00. The van der Waals surface area contributed by atoms with Crippen molar-refractivity contribution in [2.45, 2.75) is 11.3 Å². The second-order valence-corrected chi connectivity index (χ2v) is 7.08. The number of halogens is 4. The second kappa shape index (κ2) is 6.64. The molecular weight excluding hydrogens is 322 g/mol. The lowest BCUT2D eigenvalue weighted by atomic mass is 10.3. The summed E-state index contributed by atoms with van der Waals surface area (Å²) in [5, 5.41) is 0. The molecule has 0 fully saturated rings. The molecule has 1 rings (SSSR count). The molecule has 0 aliphatic rings. The predicted molar refractivity (Wildman–Crippen MR) is 65.0 cm³/mol. The Hall–Kier alpha value is -1.00. The van der Waals surface area contributed by atoms with Crippen molar-refractivity contribution < 1.29 is 30.2 Å². The zero-order valence-corrected chi connectivity index (χ0v) is 11.9. The topological polar surface area (TPSA) is 63.2 Å². The minimum Gasteiger partial charge on any atom is -0.260 e. The van der Waals surface area contributed by atoms with Crippen LogP contribution in [0.2, 0.25) is 0 Å². The molecule has 1 atom stereocenters. The van der Waals surface area contributed by atoms with Crippen LogP contribution in [0.25, 0.3) is 0 Å². The highest BCUT2D eigenvalue weighted by molar-refractivity contribution is 7.89. The molecule has 0 saturated carbocycles. The maximum atomic E-state index is 13.3. The molecule has 0 amide bonds. The summed E-state index contributed by atoms with van der Waals surface area (Å²) in [4.78, 5) is -1.70. The molecule has 0 heterocycles. The Labute approximate surface area is 115 Å². The van der Waals surface area contributed by atoms with Crippen LogP contribution < -0.4 is 4.72 Å². The van der Waals surface area contributed by atoms with E-state index < -0.39 is 49.0 Å². The van der Waals surface area contributed by atoms with Gasteiger partial charge in [-0.3, -0.25) is 4.21 Å². The Kier molecular flexibility index (Phi) is 5.66. The molecule has 0 saturated heterocycles. The Morgan fingerprint density at radius 1 is 1.15 bits per heavy atom. The van der Waals surface area contributed by atoms with Crippen LogP contribution in [0.15, 0.2) is 11.0 Å². The van der Waals surface area contributed by atoms with E-state index in [9.17, 15) is 30.2 Å². The molecule has 0 bridgehead atoms. The van der Waals surface area contributed by atoms with Crippen molar-refractivity contribution in [3.8, 4) is 0 Å². The highest BCUT2D eigenvalue weighted by Crippen LogP contribution is 2.23. The van der Waals surface area contributed by atoms with Gasteiger partial charge in [0.1, 0.15) is 0 Å². The van der Waals surface area contributed by atoms with Gasteiger partial charge in [0.2, 0.25) is 10.0 Å². The predicted octanol–water partition coefficient (Wildman–Crippen LogP) is 1.29. The minimum atomic E-state index is -4.74.